The van der Waals surface area contributed by atoms with Gasteiger partial charge in [0.05, 0.1) is 11.7 Å². The number of aromatic nitrogens is 1. The molecule has 7 heteroatoms. The van der Waals surface area contributed by atoms with E-state index in [1.165, 1.54) is 12.0 Å². The van der Waals surface area contributed by atoms with E-state index in [0.717, 1.165) is 44.2 Å². The van der Waals surface area contributed by atoms with Crippen molar-refractivity contribution in [1.82, 2.24) is 20.5 Å². The summed E-state index contributed by atoms with van der Waals surface area (Å²) in [5, 5.41) is 6.06. The van der Waals surface area contributed by atoms with Gasteiger partial charge in [-0.3, -0.25) is 9.59 Å². The van der Waals surface area contributed by atoms with Gasteiger partial charge in [0, 0.05) is 13.0 Å². The van der Waals surface area contributed by atoms with Gasteiger partial charge < -0.3 is 20.0 Å². The summed E-state index contributed by atoms with van der Waals surface area (Å²) in [5.74, 6) is 0.658. The lowest BCUT2D eigenvalue weighted by atomic mass is 9.83. The Bertz CT molecular complexity index is 923. The molecular formula is C26H36N4O3. The van der Waals surface area contributed by atoms with Gasteiger partial charge >= 0.3 is 0 Å². The second kappa shape index (κ2) is 11.0. The molecule has 1 aliphatic heterocycles. The highest BCUT2D eigenvalue weighted by molar-refractivity contribution is 5.90. The van der Waals surface area contributed by atoms with Crippen LogP contribution in [0.3, 0.4) is 0 Å². The van der Waals surface area contributed by atoms with E-state index in [9.17, 15) is 9.59 Å². The summed E-state index contributed by atoms with van der Waals surface area (Å²) in [6.07, 6.45) is 9.51. The highest BCUT2D eigenvalue weighted by Crippen LogP contribution is 2.35. The van der Waals surface area contributed by atoms with E-state index in [0.29, 0.717) is 18.9 Å². The molecule has 1 saturated carbocycles. The highest BCUT2D eigenvalue weighted by Gasteiger charge is 2.40. The molecule has 1 unspecified atom stereocenters. The van der Waals surface area contributed by atoms with Crippen molar-refractivity contribution in [2.45, 2.75) is 76.4 Å². The average Bonchev–Trinajstić information content (AvgIpc) is 3.52. The van der Waals surface area contributed by atoms with E-state index in [4.69, 9.17) is 9.40 Å². The number of carbonyl (C=O) groups is 2. The first kappa shape index (κ1) is 23.5. The molecule has 178 valence electrons. The number of rotatable bonds is 8. The van der Waals surface area contributed by atoms with E-state index >= 15 is 0 Å². The molecule has 1 aromatic heterocycles. The van der Waals surface area contributed by atoms with Crippen LogP contribution in [-0.2, 0) is 16.0 Å². The van der Waals surface area contributed by atoms with Crippen LogP contribution in [0, 0.1) is 5.92 Å². The zero-order valence-electron chi connectivity index (χ0n) is 19.8. The van der Waals surface area contributed by atoms with Gasteiger partial charge in [0.2, 0.25) is 17.7 Å². The van der Waals surface area contributed by atoms with Crippen LogP contribution < -0.4 is 10.6 Å². The number of likely N-dealkylation sites (tertiary alicyclic amines) is 1. The van der Waals surface area contributed by atoms with Crippen molar-refractivity contribution >= 4 is 11.8 Å². The van der Waals surface area contributed by atoms with Gasteiger partial charge in [0.1, 0.15) is 18.3 Å². The Morgan fingerprint density at radius 2 is 1.88 bits per heavy atom. The lowest BCUT2D eigenvalue weighted by Gasteiger charge is -2.34. The number of likely N-dealkylation sites (N-methyl/N-ethyl adjacent to an activating group) is 1. The average molecular weight is 453 g/mol. The molecule has 7 nitrogen and oxygen atoms in total. The molecule has 1 aromatic carbocycles. The van der Waals surface area contributed by atoms with E-state index < -0.39 is 6.04 Å². The Morgan fingerprint density at radius 1 is 1.12 bits per heavy atom. The summed E-state index contributed by atoms with van der Waals surface area (Å²) in [5.41, 5.74) is 2.05. The van der Waals surface area contributed by atoms with Gasteiger partial charge in [0.15, 0.2) is 0 Å². The molecule has 2 N–H and O–H groups in total. The predicted molar refractivity (Wildman–Crippen MR) is 126 cm³/mol. The van der Waals surface area contributed by atoms with Crippen molar-refractivity contribution in [2.75, 3.05) is 13.6 Å². The summed E-state index contributed by atoms with van der Waals surface area (Å²) in [6, 6.07) is 9.17. The fraction of sp³-hybridized carbons (Fsp3) is 0.577. The molecule has 2 heterocycles. The molecule has 3 atom stereocenters. The number of carbonyl (C=O) groups excluding carboxylic acids is 2. The van der Waals surface area contributed by atoms with Crippen molar-refractivity contribution in [1.29, 1.82) is 0 Å². The lowest BCUT2D eigenvalue weighted by Crippen LogP contribution is -2.55. The summed E-state index contributed by atoms with van der Waals surface area (Å²) in [6.45, 7) is 2.48. The zero-order valence-corrected chi connectivity index (χ0v) is 19.8. The second-order valence-corrected chi connectivity index (χ2v) is 9.42. The molecule has 2 fully saturated rings. The number of nitrogens with zero attached hydrogens (tertiary/aromatic N) is 2. The van der Waals surface area contributed by atoms with Crippen LogP contribution in [-0.4, -0.2) is 47.4 Å². The fourth-order valence-electron chi connectivity index (χ4n) is 5.09. The maximum absolute atomic E-state index is 13.8. The van der Waals surface area contributed by atoms with Gasteiger partial charge in [-0.2, -0.15) is 0 Å². The molecule has 2 aliphatic rings. The van der Waals surface area contributed by atoms with E-state index in [1.54, 1.807) is 13.3 Å². The monoisotopic (exact) mass is 452 g/mol. The van der Waals surface area contributed by atoms with Crippen molar-refractivity contribution in [3.63, 3.8) is 0 Å². The Labute approximate surface area is 196 Å². The summed E-state index contributed by atoms with van der Waals surface area (Å²) >= 11 is 0. The van der Waals surface area contributed by atoms with E-state index in [2.05, 4.69) is 22.8 Å². The summed E-state index contributed by atoms with van der Waals surface area (Å²) in [7, 11) is 1.76. The minimum atomic E-state index is -0.493. The number of benzene rings is 1. The first-order valence-electron chi connectivity index (χ1n) is 12.3. The summed E-state index contributed by atoms with van der Waals surface area (Å²) < 4.78 is 5.86. The van der Waals surface area contributed by atoms with E-state index in [-0.39, 0.29) is 29.8 Å². The number of oxazole rings is 1. The number of hydrogen-bond donors (Lipinski definition) is 2. The third-order valence-corrected chi connectivity index (χ3v) is 7.13. The first-order chi connectivity index (χ1) is 16.1. The molecule has 1 aliphatic carbocycles. The lowest BCUT2D eigenvalue weighted by molar-refractivity contribution is -0.140. The predicted octanol–water partition coefficient (Wildman–Crippen LogP) is 3.60. The van der Waals surface area contributed by atoms with Crippen molar-refractivity contribution < 1.29 is 14.0 Å². The minimum absolute atomic E-state index is 0.00358. The molecule has 0 radical (unpaired) electrons. The molecule has 33 heavy (non-hydrogen) atoms. The normalized spacial score (nSPS) is 21.0. The van der Waals surface area contributed by atoms with Crippen LogP contribution in [0.15, 0.2) is 41.0 Å². The maximum Gasteiger partial charge on any atom is 0.246 e. The first-order valence-corrected chi connectivity index (χ1v) is 12.3. The largest absolute Gasteiger partial charge is 0.446 e. The number of nitrogens with one attached hydrogen (secondary N) is 2. The molecule has 2 aromatic rings. The Morgan fingerprint density at radius 3 is 2.61 bits per heavy atom. The van der Waals surface area contributed by atoms with Gasteiger partial charge in [-0.05, 0) is 51.1 Å². The van der Waals surface area contributed by atoms with Crippen LogP contribution in [0.4, 0.5) is 0 Å². The molecule has 0 spiro atoms. The maximum atomic E-state index is 13.8. The molecular weight excluding hydrogens is 416 g/mol. The minimum Gasteiger partial charge on any atom is -0.446 e. The SMILES string of the molecule is CNC(C)C(=O)N[C@H](C(=O)N1CCC[C@H]1c1nc(Cc2ccccc2)co1)C1CCCCC1. The van der Waals surface area contributed by atoms with Crippen LogP contribution in [0.5, 0.6) is 0 Å². The van der Waals surface area contributed by atoms with Crippen molar-refractivity contribution in [3.8, 4) is 0 Å². The number of hydrogen-bond acceptors (Lipinski definition) is 5. The Balaban J connectivity index is 1.50. The fourth-order valence-corrected chi connectivity index (χ4v) is 5.09. The van der Waals surface area contributed by atoms with Gasteiger partial charge in [-0.15, -0.1) is 0 Å². The van der Waals surface area contributed by atoms with Gasteiger partial charge in [0.25, 0.3) is 0 Å². The van der Waals surface area contributed by atoms with Crippen LogP contribution in [0.2, 0.25) is 0 Å². The topological polar surface area (TPSA) is 87.5 Å². The molecule has 0 bridgehead atoms. The van der Waals surface area contributed by atoms with Crippen LogP contribution in [0.1, 0.15) is 75.1 Å². The quantitative estimate of drug-likeness (QED) is 0.639. The third-order valence-electron chi connectivity index (χ3n) is 7.13. The van der Waals surface area contributed by atoms with Crippen LogP contribution >= 0.6 is 0 Å². The van der Waals surface area contributed by atoms with Crippen LogP contribution in [0.25, 0.3) is 0 Å². The number of amides is 2. The van der Waals surface area contributed by atoms with Crippen molar-refractivity contribution in [2.24, 2.45) is 5.92 Å². The molecule has 4 rings (SSSR count). The summed E-state index contributed by atoms with van der Waals surface area (Å²) in [4.78, 5) is 33.1. The Kier molecular flexibility index (Phi) is 7.81. The zero-order chi connectivity index (χ0) is 23.2. The highest BCUT2D eigenvalue weighted by atomic mass is 16.3. The third kappa shape index (κ3) is 5.64. The van der Waals surface area contributed by atoms with E-state index in [1.807, 2.05) is 30.0 Å². The molecule has 1 saturated heterocycles. The second-order valence-electron chi connectivity index (χ2n) is 9.42. The standard InChI is InChI=1S/C26H36N4O3/c1-18(27-2)24(31)29-23(20-12-7-4-8-13-20)26(32)30-15-9-14-22(30)25-28-21(17-33-25)16-19-10-5-3-6-11-19/h3,5-6,10-11,17-18,20,22-23,27H,4,7-9,12-16H2,1-2H3,(H,29,31)/t18?,22-,23-/m0/s1. The van der Waals surface area contributed by atoms with Crippen molar-refractivity contribution in [3.05, 3.63) is 53.7 Å². The molecule has 2 amide bonds. The smallest absolute Gasteiger partial charge is 0.246 e. The van der Waals surface area contributed by atoms with Gasteiger partial charge in [-0.1, -0.05) is 49.6 Å². The Hall–Kier alpha value is -2.67. The van der Waals surface area contributed by atoms with Gasteiger partial charge in [-0.25, -0.2) is 4.98 Å².